The van der Waals surface area contributed by atoms with Crippen LogP contribution in [0.3, 0.4) is 0 Å². The number of piperidine rings is 1. The molecule has 0 radical (unpaired) electrons. The van der Waals surface area contributed by atoms with Gasteiger partial charge in [0.2, 0.25) is 0 Å². The second kappa shape index (κ2) is 4.77. The minimum absolute atomic E-state index is 0.0828. The van der Waals surface area contributed by atoms with Gasteiger partial charge in [-0.1, -0.05) is 0 Å². The third kappa shape index (κ3) is 2.45. The number of hydrogen-bond donors (Lipinski definition) is 0. The average Bonchev–Trinajstić information content (AvgIpc) is 2.26. The van der Waals surface area contributed by atoms with Gasteiger partial charge in [-0.15, -0.1) is 0 Å². The molecule has 0 aromatic carbocycles. The number of esters is 1. The molecule has 1 atom stereocenters. The molecule has 1 aliphatic heterocycles. The van der Waals surface area contributed by atoms with Gasteiger partial charge in [0.15, 0.2) is 5.78 Å². The molecule has 0 aromatic heterocycles. The van der Waals surface area contributed by atoms with Crippen LogP contribution in [-0.2, 0) is 19.1 Å². The summed E-state index contributed by atoms with van der Waals surface area (Å²) in [6.45, 7) is -0.0908. The van der Waals surface area contributed by atoms with Crippen LogP contribution in [0.25, 0.3) is 0 Å². The number of Topliss-reactive ketones (excluding diaryl/α,β-unsaturated/α-hetero) is 1. The van der Waals surface area contributed by atoms with Crippen LogP contribution in [0, 0.1) is 0 Å². The maximum atomic E-state index is 11.3. The highest BCUT2D eigenvalue weighted by Gasteiger charge is 2.36. The van der Waals surface area contributed by atoms with Crippen molar-refractivity contribution in [2.75, 3.05) is 20.8 Å². The van der Waals surface area contributed by atoms with Gasteiger partial charge < -0.3 is 9.47 Å². The maximum Gasteiger partial charge on any atom is 0.410 e. The highest BCUT2D eigenvalue weighted by molar-refractivity contribution is 5.90. The lowest BCUT2D eigenvalue weighted by molar-refractivity contribution is -0.148. The molecular weight excluding hydrogens is 202 g/mol. The van der Waals surface area contributed by atoms with Crippen LogP contribution in [0.5, 0.6) is 0 Å². The smallest absolute Gasteiger partial charge is 0.410 e. The van der Waals surface area contributed by atoms with Crippen molar-refractivity contribution in [1.82, 2.24) is 4.90 Å². The van der Waals surface area contributed by atoms with Crippen molar-refractivity contribution in [1.29, 1.82) is 0 Å². The van der Waals surface area contributed by atoms with Gasteiger partial charge in [0.25, 0.3) is 0 Å². The molecule has 1 saturated heterocycles. The maximum absolute atomic E-state index is 11.3. The predicted octanol–water partition coefficient (Wildman–Crippen LogP) is -0.0407. The van der Waals surface area contributed by atoms with Crippen molar-refractivity contribution in [2.24, 2.45) is 0 Å². The number of hydrogen-bond acceptors (Lipinski definition) is 5. The zero-order valence-electron chi connectivity index (χ0n) is 8.69. The Hall–Kier alpha value is -1.59. The molecule has 0 N–H and O–H groups in total. The fourth-order valence-corrected chi connectivity index (χ4v) is 1.52. The lowest BCUT2D eigenvalue weighted by atomic mass is 10.0. The van der Waals surface area contributed by atoms with Crippen LogP contribution in [-0.4, -0.2) is 49.6 Å². The second-order valence-electron chi connectivity index (χ2n) is 3.21. The average molecular weight is 215 g/mol. The highest BCUT2D eigenvalue weighted by atomic mass is 16.5. The Morgan fingerprint density at radius 1 is 1.33 bits per heavy atom. The highest BCUT2D eigenvalue weighted by Crippen LogP contribution is 2.16. The fourth-order valence-electron chi connectivity index (χ4n) is 1.52. The summed E-state index contributed by atoms with van der Waals surface area (Å²) in [5.41, 5.74) is 0. The van der Waals surface area contributed by atoms with Gasteiger partial charge in [-0.25, -0.2) is 9.59 Å². The van der Waals surface area contributed by atoms with E-state index in [1.54, 1.807) is 0 Å². The topological polar surface area (TPSA) is 72.9 Å². The number of nitrogens with zero attached hydrogens (tertiary/aromatic N) is 1. The molecule has 84 valence electrons. The van der Waals surface area contributed by atoms with Gasteiger partial charge in [0.05, 0.1) is 20.8 Å². The van der Waals surface area contributed by atoms with Gasteiger partial charge in [0, 0.05) is 6.42 Å². The molecular formula is C9H13NO5. The summed E-state index contributed by atoms with van der Waals surface area (Å²) in [4.78, 5) is 34.9. The second-order valence-corrected chi connectivity index (χ2v) is 3.21. The minimum atomic E-state index is -0.708. The van der Waals surface area contributed by atoms with Gasteiger partial charge in [-0.3, -0.25) is 9.69 Å². The van der Waals surface area contributed by atoms with E-state index in [0.717, 1.165) is 4.90 Å². The number of rotatable bonds is 1. The zero-order chi connectivity index (χ0) is 11.4. The summed E-state index contributed by atoms with van der Waals surface area (Å²) in [6, 6.07) is -0.708. The molecule has 1 rings (SSSR count). The van der Waals surface area contributed by atoms with E-state index in [1.807, 2.05) is 0 Å². The Bertz CT molecular complexity index is 288. The van der Waals surface area contributed by atoms with E-state index in [4.69, 9.17) is 0 Å². The molecule has 0 aromatic rings. The van der Waals surface area contributed by atoms with Crippen LogP contribution in [0.1, 0.15) is 12.8 Å². The monoisotopic (exact) mass is 215 g/mol. The molecule has 0 unspecified atom stereocenters. The molecule has 0 bridgehead atoms. The first-order chi connectivity index (χ1) is 7.10. The summed E-state index contributed by atoms with van der Waals surface area (Å²) in [5.74, 6) is -0.603. The summed E-state index contributed by atoms with van der Waals surface area (Å²) >= 11 is 0. The molecule has 1 amide bonds. The first-order valence-corrected chi connectivity index (χ1v) is 4.54. The van der Waals surface area contributed by atoms with Crippen LogP contribution in [0.15, 0.2) is 0 Å². The molecule has 6 heteroatoms. The first-order valence-electron chi connectivity index (χ1n) is 4.54. The molecule has 1 heterocycles. The van der Waals surface area contributed by atoms with Crippen molar-refractivity contribution in [3.63, 3.8) is 0 Å². The Morgan fingerprint density at radius 3 is 2.53 bits per heavy atom. The number of carbonyl (C=O) groups excluding carboxylic acids is 3. The fraction of sp³-hybridized carbons (Fsp3) is 0.667. The summed E-state index contributed by atoms with van der Waals surface area (Å²) in [6.07, 6.45) is -0.105. The number of ether oxygens (including phenoxy) is 2. The van der Waals surface area contributed by atoms with Crippen molar-refractivity contribution < 1.29 is 23.9 Å². The van der Waals surface area contributed by atoms with Gasteiger partial charge in [0.1, 0.15) is 6.04 Å². The third-order valence-electron chi connectivity index (χ3n) is 2.30. The Labute approximate surface area is 87.1 Å². The molecule has 1 aliphatic rings. The standard InChI is InChI=1S/C9H13NO5/c1-14-8(12)7-4-3-6(11)5-10(7)9(13)15-2/h7H,3-5H2,1-2H3/t7-/m0/s1. The summed E-state index contributed by atoms with van der Waals surface area (Å²) in [7, 11) is 2.45. The van der Waals surface area contributed by atoms with Gasteiger partial charge in [-0.05, 0) is 6.42 Å². The third-order valence-corrected chi connectivity index (χ3v) is 2.30. The van der Waals surface area contributed by atoms with E-state index in [0.29, 0.717) is 6.42 Å². The van der Waals surface area contributed by atoms with E-state index < -0.39 is 18.1 Å². The quantitative estimate of drug-likeness (QED) is 0.574. The number of methoxy groups -OCH3 is 2. The lowest BCUT2D eigenvalue weighted by Crippen LogP contribution is -2.51. The van der Waals surface area contributed by atoms with Crippen molar-refractivity contribution >= 4 is 17.8 Å². The number of ketones is 1. The SMILES string of the molecule is COC(=O)[C@@H]1CCC(=O)CN1C(=O)OC. The Kier molecular flexibility index (Phi) is 3.65. The van der Waals surface area contributed by atoms with Crippen molar-refractivity contribution in [3.8, 4) is 0 Å². The molecule has 1 fully saturated rings. The predicted molar refractivity (Wildman–Crippen MR) is 49.2 cm³/mol. The lowest BCUT2D eigenvalue weighted by Gasteiger charge is -2.31. The van der Waals surface area contributed by atoms with Crippen LogP contribution in [0.2, 0.25) is 0 Å². The Morgan fingerprint density at radius 2 is 2.00 bits per heavy atom. The van der Waals surface area contributed by atoms with E-state index in [-0.39, 0.29) is 18.7 Å². The van der Waals surface area contributed by atoms with Crippen LogP contribution in [0.4, 0.5) is 4.79 Å². The number of likely N-dealkylation sites (tertiary alicyclic amines) is 1. The van der Waals surface area contributed by atoms with Gasteiger partial charge in [-0.2, -0.15) is 0 Å². The minimum Gasteiger partial charge on any atom is -0.467 e. The molecule has 15 heavy (non-hydrogen) atoms. The van der Waals surface area contributed by atoms with Crippen LogP contribution < -0.4 is 0 Å². The molecule has 0 saturated carbocycles. The molecule has 0 spiro atoms. The zero-order valence-corrected chi connectivity index (χ0v) is 8.69. The summed E-state index contributed by atoms with van der Waals surface area (Å²) in [5, 5.41) is 0. The van der Waals surface area contributed by atoms with Gasteiger partial charge >= 0.3 is 12.1 Å². The first kappa shape index (κ1) is 11.5. The van der Waals surface area contributed by atoms with Crippen molar-refractivity contribution in [3.05, 3.63) is 0 Å². The Balaban J connectivity index is 2.79. The number of carbonyl (C=O) groups is 3. The normalized spacial score (nSPS) is 21.1. The summed E-state index contributed by atoms with van der Waals surface area (Å²) < 4.78 is 9.04. The van der Waals surface area contributed by atoms with Crippen LogP contribution >= 0.6 is 0 Å². The van der Waals surface area contributed by atoms with Crippen molar-refractivity contribution in [2.45, 2.75) is 18.9 Å². The van der Waals surface area contributed by atoms with E-state index >= 15 is 0 Å². The van der Waals surface area contributed by atoms with E-state index in [2.05, 4.69) is 9.47 Å². The molecule has 0 aliphatic carbocycles. The van der Waals surface area contributed by atoms with E-state index in [9.17, 15) is 14.4 Å². The molecule has 6 nitrogen and oxygen atoms in total. The van der Waals surface area contributed by atoms with E-state index in [1.165, 1.54) is 14.2 Å². The number of amides is 1. The largest absolute Gasteiger partial charge is 0.467 e.